The zero-order valence-electron chi connectivity index (χ0n) is 15.5. The van der Waals surface area contributed by atoms with Crippen molar-refractivity contribution in [1.29, 1.82) is 0 Å². The first-order valence-electron chi connectivity index (χ1n) is 9.27. The maximum Gasteiger partial charge on any atom is 0.256 e. The Morgan fingerprint density at radius 1 is 1.21 bits per heavy atom. The third-order valence-electron chi connectivity index (χ3n) is 5.24. The van der Waals surface area contributed by atoms with E-state index < -0.39 is 11.6 Å². The fourth-order valence-electron chi connectivity index (χ4n) is 3.86. The molecule has 0 saturated carbocycles. The van der Waals surface area contributed by atoms with E-state index in [2.05, 4.69) is 20.3 Å². The second-order valence-corrected chi connectivity index (χ2v) is 7.07. The predicted molar refractivity (Wildman–Crippen MR) is 100.0 cm³/mol. The van der Waals surface area contributed by atoms with Gasteiger partial charge in [-0.15, -0.1) is 0 Å². The summed E-state index contributed by atoms with van der Waals surface area (Å²) >= 11 is 0. The molecule has 0 bridgehead atoms. The summed E-state index contributed by atoms with van der Waals surface area (Å²) in [5.74, 6) is -1.02. The van der Waals surface area contributed by atoms with Gasteiger partial charge in [0.05, 0.1) is 6.20 Å². The molecule has 1 aliphatic rings. The van der Waals surface area contributed by atoms with Crippen molar-refractivity contribution >= 4 is 11.6 Å². The van der Waals surface area contributed by atoms with Crippen LogP contribution in [-0.2, 0) is 6.54 Å². The van der Waals surface area contributed by atoms with Gasteiger partial charge in [0.25, 0.3) is 5.91 Å². The van der Waals surface area contributed by atoms with Crippen LogP contribution in [-0.4, -0.2) is 45.5 Å². The van der Waals surface area contributed by atoms with E-state index in [4.69, 9.17) is 0 Å². The van der Waals surface area contributed by atoms with E-state index in [0.717, 1.165) is 37.7 Å². The molecular formula is C20H21F2N5O. The number of hydrogen-bond acceptors (Lipinski definition) is 4. The first-order valence-corrected chi connectivity index (χ1v) is 9.27. The SMILES string of the molecule is CNC(=O)c1cnn2c(C3CCN(Cc4cc(F)cc(F)c4)CC3)ccnc12. The Bertz CT molecular complexity index is 991. The van der Waals surface area contributed by atoms with Crippen LogP contribution >= 0.6 is 0 Å². The highest BCUT2D eigenvalue weighted by Gasteiger charge is 2.24. The second kappa shape index (κ2) is 7.63. The maximum absolute atomic E-state index is 13.4. The van der Waals surface area contributed by atoms with Crippen LogP contribution in [0.4, 0.5) is 8.78 Å². The predicted octanol–water partition coefficient (Wildman–Crippen LogP) is 2.75. The molecule has 1 saturated heterocycles. The van der Waals surface area contributed by atoms with Gasteiger partial charge in [0.2, 0.25) is 0 Å². The number of carbonyl (C=O) groups excluding carboxylic acids is 1. The molecule has 146 valence electrons. The zero-order chi connectivity index (χ0) is 19.7. The fraction of sp³-hybridized carbons (Fsp3) is 0.350. The van der Waals surface area contributed by atoms with E-state index >= 15 is 0 Å². The van der Waals surface area contributed by atoms with Crippen LogP contribution in [0.1, 0.15) is 40.4 Å². The number of rotatable bonds is 4. The lowest BCUT2D eigenvalue weighted by molar-refractivity contribution is 0.0964. The molecule has 3 heterocycles. The lowest BCUT2D eigenvalue weighted by atomic mass is 9.93. The van der Waals surface area contributed by atoms with Crippen LogP contribution in [0.15, 0.2) is 36.7 Å². The molecular weight excluding hydrogens is 364 g/mol. The average molecular weight is 385 g/mol. The summed E-state index contributed by atoms with van der Waals surface area (Å²) in [4.78, 5) is 18.5. The first kappa shape index (κ1) is 18.5. The van der Waals surface area contributed by atoms with Crippen molar-refractivity contribution in [2.45, 2.75) is 25.3 Å². The van der Waals surface area contributed by atoms with Gasteiger partial charge >= 0.3 is 0 Å². The van der Waals surface area contributed by atoms with Gasteiger partial charge in [0, 0.05) is 37.5 Å². The highest BCUT2D eigenvalue weighted by atomic mass is 19.1. The van der Waals surface area contributed by atoms with Crippen molar-refractivity contribution in [3.05, 3.63) is 65.1 Å². The van der Waals surface area contributed by atoms with Crippen LogP contribution in [0.25, 0.3) is 5.65 Å². The van der Waals surface area contributed by atoms with E-state index in [-0.39, 0.29) is 11.8 Å². The number of hydrogen-bond donors (Lipinski definition) is 1. The van der Waals surface area contributed by atoms with Crippen molar-refractivity contribution in [2.75, 3.05) is 20.1 Å². The number of likely N-dealkylation sites (tertiary alicyclic amines) is 1. The topological polar surface area (TPSA) is 62.5 Å². The number of nitrogens with zero attached hydrogens (tertiary/aromatic N) is 4. The number of benzene rings is 1. The van der Waals surface area contributed by atoms with Gasteiger partial charge in [-0.2, -0.15) is 5.10 Å². The number of fused-ring (bicyclic) bond motifs is 1. The summed E-state index contributed by atoms with van der Waals surface area (Å²) < 4.78 is 28.5. The highest BCUT2D eigenvalue weighted by molar-refractivity contribution is 5.99. The first-order chi connectivity index (χ1) is 13.5. The van der Waals surface area contributed by atoms with E-state index in [0.29, 0.717) is 23.3 Å². The molecule has 1 fully saturated rings. The van der Waals surface area contributed by atoms with Crippen molar-refractivity contribution in [2.24, 2.45) is 0 Å². The summed E-state index contributed by atoms with van der Waals surface area (Å²) in [6.07, 6.45) is 5.04. The minimum Gasteiger partial charge on any atom is -0.355 e. The fourth-order valence-corrected chi connectivity index (χ4v) is 3.86. The Morgan fingerprint density at radius 3 is 2.61 bits per heavy atom. The Balaban J connectivity index is 1.48. The molecule has 1 amide bonds. The summed E-state index contributed by atoms with van der Waals surface area (Å²) in [5, 5.41) is 6.97. The molecule has 4 rings (SSSR count). The third-order valence-corrected chi connectivity index (χ3v) is 5.24. The average Bonchev–Trinajstić information content (AvgIpc) is 3.11. The molecule has 2 aromatic heterocycles. The number of piperidine rings is 1. The van der Waals surface area contributed by atoms with Crippen LogP contribution in [0, 0.1) is 11.6 Å². The van der Waals surface area contributed by atoms with E-state index in [1.54, 1.807) is 17.8 Å². The van der Waals surface area contributed by atoms with Gasteiger partial charge < -0.3 is 5.32 Å². The quantitative estimate of drug-likeness (QED) is 0.750. The second-order valence-electron chi connectivity index (χ2n) is 7.07. The van der Waals surface area contributed by atoms with Crippen molar-refractivity contribution in [1.82, 2.24) is 24.8 Å². The minimum absolute atomic E-state index is 0.211. The smallest absolute Gasteiger partial charge is 0.256 e. The van der Waals surface area contributed by atoms with Crippen molar-refractivity contribution < 1.29 is 13.6 Å². The lowest BCUT2D eigenvalue weighted by Gasteiger charge is -2.32. The Labute approximate surface area is 161 Å². The summed E-state index contributed by atoms with van der Waals surface area (Å²) in [7, 11) is 1.58. The monoisotopic (exact) mass is 385 g/mol. The summed E-state index contributed by atoms with van der Waals surface area (Å²) in [6.45, 7) is 2.15. The molecule has 0 unspecified atom stereocenters. The van der Waals surface area contributed by atoms with Gasteiger partial charge in [-0.05, 0) is 49.7 Å². The molecule has 1 N–H and O–H groups in total. The standard InChI is InChI=1S/C20H21F2N5O/c1-23-20(28)17-11-25-27-18(2-5-24-19(17)27)14-3-6-26(7-4-14)12-13-8-15(21)10-16(22)9-13/h2,5,8-11,14H,3-4,6-7,12H2,1H3,(H,23,28). The number of aromatic nitrogens is 3. The molecule has 0 spiro atoms. The molecule has 8 heteroatoms. The van der Waals surface area contributed by atoms with Crippen LogP contribution in [0.2, 0.25) is 0 Å². The van der Waals surface area contributed by atoms with Gasteiger partial charge in [0.1, 0.15) is 17.2 Å². The number of carbonyl (C=O) groups is 1. The van der Waals surface area contributed by atoms with Crippen LogP contribution in [0.3, 0.4) is 0 Å². The lowest BCUT2D eigenvalue weighted by Crippen LogP contribution is -2.33. The van der Waals surface area contributed by atoms with Crippen molar-refractivity contribution in [3.8, 4) is 0 Å². The third kappa shape index (κ3) is 3.60. The molecule has 1 aliphatic heterocycles. The van der Waals surface area contributed by atoms with E-state index in [1.165, 1.54) is 18.3 Å². The zero-order valence-corrected chi connectivity index (χ0v) is 15.5. The van der Waals surface area contributed by atoms with E-state index in [9.17, 15) is 13.6 Å². The Kier molecular flexibility index (Phi) is 5.04. The van der Waals surface area contributed by atoms with Gasteiger partial charge in [-0.3, -0.25) is 9.69 Å². The number of amides is 1. The highest BCUT2D eigenvalue weighted by Crippen LogP contribution is 2.29. The largest absolute Gasteiger partial charge is 0.355 e. The molecule has 0 aliphatic carbocycles. The van der Waals surface area contributed by atoms with E-state index in [1.807, 2.05) is 6.07 Å². The van der Waals surface area contributed by atoms with Gasteiger partial charge in [-0.25, -0.2) is 18.3 Å². The van der Waals surface area contributed by atoms with Crippen LogP contribution in [0.5, 0.6) is 0 Å². The van der Waals surface area contributed by atoms with Gasteiger partial charge in [-0.1, -0.05) is 0 Å². The minimum atomic E-state index is -0.547. The number of halogens is 2. The summed E-state index contributed by atoms with van der Waals surface area (Å²) in [5.41, 5.74) is 2.67. The molecule has 28 heavy (non-hydrogen) atoms. The molecule has 0 atom stereocenters. The molecule has 0 radical (unpaired) electrons. The Hall–Kier alpha value is -2.87. The van der Waals surface area contributed by atoms with Crippen LogP contribution < -0.4 is 5.32 Å². The molecule has 3 aromatic rings. The summed E-state index contributed by atoms with van der Waals surface area (Å²) in [6, 6.07) is 5.59. The van der Waals surface area contributed by atoms with Gasteiger partial charge in [0.15, 0.2) is 5.65 Å². The maximum atomic E-state index is 13.4. The number of nitrogens with one attached hydrogen (secondary N) is 1. The molecule has 1 aromatic carbocycles. The molecule has 6 nitrogen and oxygen atoms in total. The Morgan fingerprint density at radius 2 is 1.93 bits per heavy atom. The normalized spacial score (nSPS) is 15.8. The van der Waals surface area contributed by atoms with Crippen molar-refractivity contribution in [3.63, 3.8) is 0 Å².